The fraction of sp³-hybridized carbons (Fsp3) is 0.600. The van der Waals surface area contributed by atoms with Gasteiger partial charge in [-0.3, -0.25) is 14.4 Å². The van der Waals surface area contributed by atoms with E-state index in [-0.39, 0.29) is 19.1 Å². The summed E-state index contributed by atoms with van der Waals surface area (Å²) in [6.07, 6.45) is 1.24. The Morgan fingerprint density at radius 2 is 1.93 bits per heavy atom. The number of carboxylic acids is 1. The molecule has 0 fully saturated rings. The Balaban J connectivity index is 0. The minimum Gasteiger partial charge on any atom is -0.499 e. The summed E-state index contributed by atoms with van der Waals surface area (Å²) < 4.78 is 4.91. The SMILES string of the molecule is C=COC[C@H](C=S)NC(=O)C(C)(C)CO[N+](=O)[O-].CC(=O)N[C@@H](C)C(=O)O. The van der Waals surface area contributed by atoms with Gasteiger partial charge in [-0.2, -0.15) is 0 Å². The highest BCUT2D eigenvalue weighted by Gasteiger charge is 2.30. The number of amides is 2. The maximum Gasteiger partial charge on any atom is 0.325 e. The quantitative estimate of drug-likeness (QED) is 0.191. The third-order valence-electron chi connectivity index (χ3n) is 2.81. The van der Waals surface area contributed by atoms with Crippen molar-refractivity contribution in [3.05, 3.63) is 23.0 Å². The number of thiocarbonyl (C=S) groups is 1. The van der Waals surface area contributed by atoms with Crippen LogP contribution in [-0.2, 0) is 24.0 Å². The Labute approximate surface area is 162 Å². The molecule has 0 bridgehead atoms. The molecule has 0 unspecified atom stereocenters. The van der Waals surface area contributed by atoms with E-state index >= 15 is 0 Å². The molecular weight excluding hydrogens is 382 g/mol. The zero-order chi connectivity index (χ0) is 21.6. The number of hydrogen-bond donors (Lipinski definition) is 3. The highest BCUT2D eigenvalue weighted by molar-refractivity contribution is 7.79. The van der Waals surface area contributed by atoms with Gasteiger partial charge in [-0.05, 0) is 20.8 Å². The van der Waals surface area contributed by atoms with Gasteiger partial charge in [0.2, 0.25) is 11.8 Å². The molecule has 0 aliphatic heterocycles. The average Bonchev–Trinajstić information content (AvgIpc) is 2.56. The van der Waals surface area contributed by atoms with E-state index in [1.165, 1.54) is 39.3 Å². The Bertz CT molecular complexity index is 553. The first-order valence-electron chi connectivity index (χ1n) is 7.63. The van der Waals surface area contributed by atoms with Crippen LogP contribution in [0.5, 0.6) is 0 Å². The van der Waals surface area contributed by atoms with Crippen LogP contribution < -0.4 is 10.6 Å². The van der Waals surface area contributed by atoms with Gasteiger partial charge in [-0.1, -0.05) is 18.8 Å². The van der Waals surface area contributed by atoms with Crippen molar-refractivity contribution in [2.75, 3.05) is 13.2 Å². The minimum absolute atomic E-state index is 0.158. The van der Waals surface area contributed by atoms with Crippen molar-refractivity contribution >= 4 is 35.4 Å². The monoisotopic (exact) mass is 407 g/mol. The van der Waals surface area contributed by atoms with Gasteiger partial charge in [0, 0.05) is 12.3 Å². The van der Waals surface area contributed by atoms with Crippen LogP contribution in [0.2, 0.25) is 0 Å². The molecule has 0 spiro atoms. The first-order valence-corrected chi connectivity index (χ1v) is 8.10. The van der Waals surface area contributed by atoms with Crippen LogP contribution in [0, 0.1) is 15.5 Å². The van der Waals surface area contributed by atoms with Crippen molar-refractivity contribution in [3.63, 3.8) is 0 Å². The van der Waals surface area contributed by atoms with Crippen LogP contribution in [0.3, 0.4) is 0 Å². The molecule has 2 amide bonds. The number of carbonyl (C=O) groups excluding carboxylic acids is 2. The number of carboxylic acid groups (broad SMARTS) is 1. The van der Waals surface area contributed by atoms with Gasteiger partial charge < -0.3 is 25.3 Å². The standard InChI is InChI=1S/C10H16N2O5S.C5H9NO3/c1-4-16-5-8(6-18)11-9(13)10(2,3)7-17-12(14)15;1-3(5(8)9)6-4(2)7/h4,6,8H,1,5,7H2,2-3H3,(H,11,13);3H,1-2H3,(H,6,7)(H,8,9)/t8-;3-/m10/s1. The van der Waals surface area contributed by atoms with Crippen molar-refractivity contribution in [2.45, 2.75) is 39.8 Å². The molecule has 12 heteroatoms. The van der Waals surface area contributed by atoms with Gasteiger partial charge in [0.1, 0.15) is 19.3 Å². The van der Waals surface area contributed by atoms with E-state index in [1.54, 1.807) is 0 Å². The van der Waals surface area contributed by atoms with Gasteiger partial charge in [-0.15, -0.1) is 10.1 Å². The Hall–Kier alpha value is -2.76. The molecule has 0 aromatic heterocycles. The van der Waals surface area contributed by atoms with E-state index in [2.05, 4.69) is 22.1 Å². The highest BCUT2D eigenvalue weighted by Crippen LogP contribution is 2.15. The number of rotatable bonds is 11. The number of nitrogens with one attached hydrogen (secondary N) is 2. The molecule has 0 aromatic carbocycles. The third kappa shape index (κ3) is 14.1. The van der Waals surface area contributed by atoms with Gasteiger partial charge in [0.15, 0.2) is 0 Å². The van der Waals surface area contributed by atoms with Crippen LogP contribution >= 0.6 is 12.2 Å². The molecule has 0 rings (SSSR count). The second-order valence-corrected chi connectivity index (χ2v) is 6.13. The van der Waals surface area contributed by atoms with Crippen molar-refractivity contribution < 1.29 is 34.2 Å². The molecule has 0 heterocycles. The summed E-state index contributed by atoms with van der Waals surface area (Å²) in [5.41, 5.74) is -1.04. The lowest BCUT2D eigenvalue weighted by atomic mass is 9.93. The highest BCUT2D eigenvalue weighted by atomic mass is 32.1. The molecule has 11 nitrogen and oxygen atoms in total. The summed E-state index contributed by atoms with van der Waals surface area (Å²) in [5, 5.41) is 23.5. The fourth-order valence-electron chi connectivity index (χ4n) is 1.30. The second kappa shape index (κ2) is 13.4. The lowest BCUT2D eigenvalue weighted by molar-refractivity contribution is -0.760. The molecule has 0 saturated heterocycles. The Morgan fingerprint density at radius 3 is 2.26 bits per heavy atom. The molecule has 154 valence electrons. The average molecular weight is 407 g/mol. The number of hydrogen-bond acceptors (Lipinski definition) is 8. The molecule has 27 heavy (non-hydrogen) atoms. The summed E-state index contributed by atoms with van der Waals surface area (Å²) >= 11 is 4.74. The summed E-state index contributed by atoms with van der Waals surface area (Å²) in [7, 11) is 0. The zero-order valence-corrected chi connectivity index (χ0v) is 16.4. The summed E-state index contributed by atoms with van der Waals surface area (Å²) in [6.45, 7) is 8.93. The van der Waals surface area contributed by atoms with Crippen LogP contribution in [0.15, 0.2) is 12.8 Å². The first kappa shape index (κ1) is 26.5. The molecule has 0 aliphatic carbocycles. The third-order valence-corrected chi connectivity index (χ3v) is 3.14. The summed E-state index contributed by atoms with van der Waals surface area (Å²) in [4.78, 5) is 46.3. The molecule has 0 aromatic rings. The Kier molecular flexibility index (Phi) is 13.2. The van der Waals surface area contributed by atoms with E-state index in [4.69, 9.17) is 22.1 Å². The largest absolute Gasteiger partial charge is 0.499 e. The van der Waals surface area contributed by atoms with Crippen LogP contribution in [0.4, 0.5) is 0 Å². The maximum absolute atomic E-state index is 11.8. The molecular formula is C15H25N3O8S. The van der Waals surface area contributed by atoms with E-state index < -0.39 is 34.5 Å². The molecule has 0 saturated carbocycles. The van der Waals surface area contributed by atoms with E-state index in [1.807, 2.05) is 0 Å². The van der Waals surface area contributed by atoms with Gasteiger partial charge >= 0.3 is 5.97 Å². The predicted octanol–water partition coefficient (Wildman–Crippen LogP) is 0.461. The summed E-state index contributed by atoms with van der Waals surface area (Å²) in [5.74, 6) is -1.77. The minimum atomic E-state index is -1.04. The van der Waals surface area contributed by atoms with Crippen molar-refractivity contribution in [3.8, 4) is 0 Å². The molecule has 3 N–H and O–H groups in total. The molecule has 0 aliphatic rings. The van der Waals surface area contributed by atoms with Gasteiger partial charge in [0.05, 0.1) is 17.7 Å². The topological polar surface area (TPSA) is 157 Å². The van der Waals surface area contributed by atoms with E-state index in [0.29, 0.717) is 0 Å². The van der Waals surface area contributed by atoms with Crippen LogP contribution in [0.25, 0.3) is 0 Å². The Morgan fingerprint density at radius 1 is 1.37 bits per heavy atom. The molecule has 0 radical (unpaired) electrons. The van der Waals surface area contributed by atoms with Crippen molar-refractivity contribution in [2.24, 2.45) is 5.41 Å². The lowest BCUT2D eigenvalue weighted by Crippen LogP contribution is -2.47. The van der Waals surface area contributed by atoms with Gasteiger partial charge in [0.25, 0.3) is 5.09 Å². The predicted molar refractivity (Wildman–Crippen MR) is 99.4 cm³/mol. The second-order valence-electron chi connectivity index (χ2n) is 5.86. The van der Waals surface area contributed by atoms with Gasteiger partial charge in [-0.25, -0.2) is 0 Å². The van der Waals surface area contributed by atoms with Crippen molar-refractivity contribution in [1.29, 1.82) is 0 Å². The smallest absolute Gasteiger partial charge is 0.325 e. The van der Waals surface area contributed by atoms with Crippen LogP contribution in [-0.4, -0.2) is 58.6 Å². The number of aliphatic carboxylic acids is 1. The summed E-state index contributed by atoms with van der Waals surface area (Å²) in [6, 6.07) is -1.26. The number of ether oxygens (including phenoxy) is 1. The van der Waals surface area contributed by atoms with Crippen LogP contribution in [0.1, 0.15) is 27.7 Å². The molecule has 2 atom stereocenters. The number of nitrogens with zero attached hydrogens (tertiary/aromatic N) is 1. The van der Waals surface area contributed by atoms with E-state index in [9.17, 15) is 24.5 Å². The number of carbonyl (C=O) groups is 3. The van der Waals surface area contributed by atoms with Crippen molar-refractivity contribution in [1.82, 2.24) is 10.6 Å². The maximum atomic E-state index is 11.8. The lowest BCUT2D eigenvalue weighted by Gasteiger charge is -2.24. The fourth-order valence-corrected chi connectivity index (χ4v) is 1.44. The first-order chi connectivity index (χ1) is 12.4. The zero-order valence-electron chi connectivity index (χ0n) is 15.6. The van der Waals surface area contributed by atoms with E-state index in [0.717, 1.165) is 0 Å². The normalized spacial score (nSPS) is 12.1.